The summed E-state index contributed by atoms with van der Waals surface area (Å²) < 4.78 is 6.04. The highest BCUT2D eigenvalue weighted by atomic mass is 16.5. The molecule has 0 saturated carbocycles. The van der Waals surface area contributed by atoms with Crippen LogP contribution in [-0.4, -0.2) is 7.11 Å². The lowest BCUT2D eigenvalue weighted by molar-refractivity contribution is -0.0111. The van der Waals surface area contributed by atoms with E-state index < -0.39 is 0 Å². The number of methoxy groups -OCH3 is 1. The van der Waals surface area contributed by atoms with Crippen molar-refractivity contribution in [3.63, 3.8) is 0 Å². The summed E-state index contributed by atoms with van der Waals surface area (Å²) in [6, 6.07) is 18.2. The van der Waals surface area contributed by atoms with Crippen LogP contribution in [0.3, 0.4) is 0 Å². The van der Waals surface area contributed by atoms with E-state index in [1.165, 1.54) is 22.3 Å². The van der Waals surface area contributed by atoms with E-state index in [9.17, 15) is 0 Å². The molecule has 0 aromatic heterocycles. The first-order chi connectivity index (χ1) is 13.2. The molecule has 1 nitrogen and oxygen atoms in total. The number of rotatable bonds is 6. The van der Waals surface area contributed by atoms with Crippen molar-refractivity contribution < 1.29 is 4.74 Å². The maximum absolute atomic E-state index is 6.04. The molecular formula is C28H42O. The summed E-state index contributed by atoms with van der Waals surface area (Å²) in [5.41, 5.74) is 5.58. The largest absolute Gasteiger partial charge is 0.374 e. The number of hydrogen-bond donors (Lipinski definition) is 0. The summed E-state index contributed by atoms with van der Waals surface area (Å²) in [6.45, 7) is 20.5. The Morgan fingerprint density at radius 3 is 1.21 bits per heavy atom. The van der Waals surface area contributed by atoms with Gasteiger partial charge in [0.05, 0.1) is 5.60 Å². The number of ether oxygens (including phenoxy) is 1. The van der Waals surface area contributed by atoms with Crippen LogP contribution in [0.5, 0.6) is 0 Å². The van der Waals surface area contributed by atoms with Crippen LogP contribution in [0.2, 0.25) is 0 Å². The molecule has 0 bridgehead atoms. The summed E-state index contributed by atoms with van der Waals surface area (Å²) in [5.74, 6) is 0. The van der Waals surface area contributed by atoms with E-state index in [1.807, 2.05) is 7.11 Å². The Balaban J connectivity index is 2.17. The molecule has 1 atom stereocenters. The molecule has 2 rings (SSSR count). The zero-order valence-electron chi connectivity index (χ0n) is 20.4. The van der Waals surface area contributed by atoms with E-state index in [-0.39, 0.29) is 21.8 Å². The number of benzene rings is 2. The normalized spacial score (nSPS) is 15.2. The van der Waals surface area contributed by atoms with Gasteiger partial charge in [0.1, 0.15) is 0 Å². The van der Waals surface area contributed by atoms with Gasteiger partial charge >= 0.3 is 0 Å². The Bertz CT molecular complexity index is 782. The van der Waals surface area contributed by atoms with Gasteiger partial charge in [0, 0.05) is 7.11 Å². The van der Waals surface area contributed by atoms with Crippen molar-refractivity contribution in [1.29, 1.82) is 0 Å². The zero-order valence-corrected chi connectivity index (χ0v) is 20.4. The van der Waals surface area contributed by atoms with E-state index in [4.69, 9.17) is 4.74 Å². The van der Waals surface area contributed by atoms with Crippen molar-refractivity contribution in [2.24, 2.45) is 0 Å². The van der Waals surface area contributed by atoms with E-state index in [0.717, 1.165) is 12.8 Å². The smallest absolute Gasteiger partial charge is 0.0899 e. The molecule has 160 valence electrons. The minimum absolute atomic E-state index is 0.0988. The van der Waals surface area contributed by atoms with Crippen molar-refractivity contribution in [1.82, 2.24) is 0 Å². The molecule has 1 unspecified atom stereocenters. The molecule has 0 heterocycles. The Hall–Kier alpha value is -1.60. The van der Waals surface area contributed by atoms with Crippen LogP contribution in [0.4, 0.5) is 0 Å². The van der Waals surface area contributed by atoms with E-state index >= 15 is 0 Å². The molecule has 1 heteroatoms. The van der Waals surface area contributed by atoms with Gasteiger partial charge in [0.15, 0.2) is 0 Å². The second-order valence-corrected chi connectivity index (χ2v) is 11.5. The summed E-state index contributed by atoms with van der Waals surface area (Å²) in [4.78, 5) is 0. The molecule has 0 aliphatic heterocycles. The van der Waals surface area contributed by atoms with E-state index in [0.29, 0.717) is 0 Å². The predicted octanol–water partition coefficient (Wildman–Crippen LogP) is 7.90. The van der Waals surface area contributed by atoms with Crippen molar-refractivity contribution >= 4 is 0 Å². The van der Waals surface area contributed by atoms with E-state index in [2.05, 4.69) is 111 Å². The molecular weight excluding hydrogens is 352 g/mol. The van der Waals surface area contributed by atoms with Gasteiger partial charge in [0.2, 0.25) is 0 Å². The Morgan fingerprint density at radius 2 is 0.862 bits per heavy atom. The van der Waals surface area contributed by atoms with Gasteiger partial charge in [-0.05, 0) is 58.3 Å². The summed E-state index contributed by atoms with van der Waals surface area (Å²) in [5, 5.41) is 0. The average molecular weight is 395 g/mol. The van der Waals surface area contributed by atoms with Gasteiger partial charge in [-0.25, -0.2) is 0 Å². The number of hydrogen-bond acceptors (Lipinski definition) is 1. The minimum Gasteiger partial charge on any atom is -0.374 e. The molecule has 0 aliphatic carbocycles. The van der Waals surface area contributed by atoms with Crippen molar-refractivity contribution in [2.45, 2.75) is 97.0 Å². The maximum atomic E-state index is 6.04. The van der Waals surface area contributed by atoms with Crippen molar-refractivity contribution in [2.75, 3.05) is 7.11 Å². The highest BCUT2D eigenvalue weighted by Crippen LogP contribution is 2.38. The first-order valence-corrected chi connectivity index (χ1v) is 11.0. The lowest BCUT2D eigenvalue weighted by Crippen LogP contribution is -2.29. The molecule has 0 saturated heterocycles. The molecule has 0 N–H and O–H groups in total. The second kappa shape index (κ2) is 8.26. The van der Waals surface area contributed by atoms with E-state index in [1.54, 1.807) is 0 Å². The SMILES string of the molecule is COC(C)(CCC(C)(C)c1ccc(C(C)(C)C)cc1)c1ccc(C(C)(C)C)cc1. The first-order valence-electron chi connectivity index (χ1n) is 11.0. The lowest BCUT2D eigenvalue weighted by atomic mass is 9.75. The Kier molecular flexibility index (Phi) is 6.75. The van der Waals surface area contributed by atoms with Crippen LogP contribution in [0.25, 0.3) is 0 Å². The van der Waals surface area contributed by atoms with Gasteiger partial charge in [-0.2, -0.15) is 0 Å². The molecule has 0 amide bonds. The fourth-order valence-electron chi connectivity index (χ4n) is 3.80. The second-order valence-electron chi connectivity index (χ2n) is 11.5. The molecule has 29 heavy (non-hydrogen) atoms. The standard InChI is InChI=1S/C28H42O/c1-25(2,3)21-11-15-23(16-12-21)27(7,8)19-20-28(9,29-10)24-17-13-22(14-18-24)26(4,5)6/h11-18H,19-20H2,1-10H3. The monoisotopic (exact) mass is 394 g/mol. The van der Waals surface area contributed by atoms with Crippen LogP contribution in [0, 0.1) is 0 Å². The molecule has 2 aromatic carbocycles. The third kappa shape index (κ3) is 5.72. The Morgan fingerprint density at radius 1 is 0.517 bits per heavy atom. The van der Waals surface area contributed by atoms with Crippen LogP contribution in [0.15, 0.2) is 48.5 Å². The van der Waals surface area contributed by atoms with Gasteiger partial charge in [0.25, 0.3) is 0 Å². The quantitative estimate of drug-likeness (QED) is 0.484. The maximum Gasteiger partial charge on any atom is 0.0899 e. The predicted molar refractivity (Wildman–Crippen MR) is 127 cm³/mol. The minimum atomic E-state index is -0.279. The van der Waals surface area contributed by atoms with Crippen molar-refractivity contribution in [3.8, 4) is 0 Å². The molecule has 0 radical (unpaired) electrons. The average Bonchev–Trinajstić information content (AvgIpc) is 2.65. The first kappa shape index (κ1) is 23.7. The third-order valence-corrected chi connectivity index (χ3v) is 6.57. The topological polar surface area (TPSA) is 9.23 Å². The highest BCUT2D eigenvalue weighted by Gasteiger charge is 2.31. The molecule has 0 fully saturated rings. The highest BCUT2D eigenvalue weighted by molar-refractivity contribution is 5.33. The summed E-state index contributed by atoms with van der Waals surface area (Å²) in [7, 11) is 1.84. The van der Waals surface area contributed by atoms with Gasteiger partial charge < -0.3 is 4.74 Å². The van der Waals surface area contributed by atoms with Gasteiger partial charge in [-0.1, -0.05) is 104 Å². The van der Waals surface area contributed by atoms with Gasteiger partial charge in [-0.3, -0.25) is 0 Å². The van der Waals surface area contributed by atoms with Gasteiger partial charge in [-0.15, -0.1) is 0 Å². The fraction of sp³-hybridized carbons (Fsp3) is 0.571. The van der Waals surface area contributed by atoms with Crippen LogP contribution < -0.4 is 0 Å². The van der Waals surface area contributed by atoms with Crippen LogP contribution in [-0.2, 0) is 26.6 Å². The van der Waals surface area contributed by atoms with Crippen LogP contribution >= 0.6 is 0 Å². The zero-order chi connectivity index (χ0) is 22.1. The third-order valence-electron chi connectivity index (χ3n) is 6.57. The lowest BCUT2D eigenvalue weighted by Gasteiger charge is -2.34. The Labute approximate surface area is 179 Å². The molecule has 0 spiro atoms. The summed E-state index contributed by atoms with van der Waals surface area (Å²) >= 11 is 0. The van der Waals surface area contributed by atoms with Crippen molar-refractivity contribution in [3.05, 3.63) is 70.8 Å². The summed E-state index contributed by atoms with van der Waals surface area (Å²) in [6.07, 6.45) is 2.04. The fourth-order valence-corrected chi connectivity index (χ4v) is 3.80. The van der Waals surface area contributed by atoms with Crippen LogP contribution in [0.1, 0.15) is 97.4 Å². The molecule has 0 aliphatic rings. The molecule has 2 aromatic rings.